The molecule has 2 saturated heterocycles. The Morgan fingerprint density at radius 3 is 2.52 bits per heavy atom. The summed E-state index contributed by atoms with van der Waals surface area (Å²) in [5.74, 6) is -2.90. The summed E-state index contributed by atoms with van der Waals surface area (Å²) < 4.78 is 31.7. The average molecular weight is 467 g/mol. The summed E-state index contributed by atoms with van der Waals surface area (Å²) >= 11 is 0. The van der Waals surface area contributed by atoms with Crippen molar-refractivity contribution in [3.05, 3.63) is 41.7 Å². The van der Waals surface area contributed by atoms with Crippen LogP contribution in [-0.4, -0.2) is 70.0 Å². The molecule has 33 heavy (non-hydrogen) atoms. The molecule has 1 amide bonds. The smallest absolute Gasteiger partial charge is 0.475 e. The topological polar surface area (TPSA) is 102 Å². The molecule has 1 aromatic heterocycles. The van der Waals surface area contributed by atoms with Crippen LogP contribution in [0.15, 0.2) is 30.6 Å². The van der Waals surface area contributed by atoms with Gasteiger partial charge in [-0.25, -0.2) is 4.79 Å². The zero-order valence-corrected chi connectivity index (χ0v) is 18.5. The van der Waals surface area contributed by atoms with E-state index in [9.17, 15) is 18.0 Å². The number of H-pyrrole nitrogens is 1. The molecule has 0 radical (unpaired) electrons. The van der Waals surface area contributed by atoms with E-state index >= 15 is 0 Å². The highest BCUT2D eigenvalue weighted by molar-refractivity contribution is 6.04. The molecule has 3 N–H and O–H groups in total. The van der Waals surface area contributed by atoms with Gasteiger partial charge in [-0.2, -0.15) is 18.3 Å². The molecule has 2 aliphatic heterocycles. The first-order valence-electron chi connectivity index (χ1n) is 10.8. The van der Waals surface area contributed by atoms with Gasteiger partial charge in [0.25, 0.3) is 5.91 Å². The maximum Gasteiger partial charge on any atom is 0.490 e. The predicted octanol–water partition coefficient (Wildman–Crippen LogP) is 3.67. The Labute approximate surface area is 189 Å². The summed E-state index contributed by atoms with van der Waals surface area (Å²) in [6.45, 7) is 7.94. The maximum absolute atomic E-state index is 12.2. The Morgan fingerprint density at radius 2 is 1.97 bits per heavy atom. The van der Waals surface area contributed by atoms with Gasteiger partial charge >= 0.3 is 12.1 Å². The highest BCUT2D eigenvalue weighted by Gasteiger charge is 2.38. The van der Waals surface area contributed by atoms with Crippen molar-refractivity contribution in [2.75, 3.05) is 29.9 Å². The molecule has 2 atom stereocenters. The zero-order chi connectivity index (χ0) is 24.2. The Balaban J connectivity index is 0.000000383. The van der Waals surface area contributed by atoms with Crippen molar-refractivity contribution in [3.8, 4) is 0 Å². The monoisotopic (exact) mass is 467 g/mol. The fourth-order valence-corrected chi connectivity index (χ4v) is 4.40. The number of amides is 1. The van der Waals surface area contributed by atoms with Crippen LogP contribution in [0.25, 0.3) is 0 Å². The number of rotatable bonds is 4. The van der Waals surface area contributed by atoms with Gasteiger partial charge < -0.3 is 15.3 Å². The molecule has 2 aliphatic rings. The van der Waals surface area contributed by atoms with Crippen molar-refractivity contribution in [2.24, 2.45) is 0 Å². The summed E-state index contributed by atoms with van der Waals surface area (Å²) in [6.07, 6.45) is 1.95. The highest BCUT2D eigenvalue weighted by atomic mass is 19.4. The second-order valence-electron chi connectivity index (χ2n) is 8.36. The molecule has 0 aliphatic carbocycles. The molecule has 0 saturated carbocycles. The normalized spacial score (nSPS) is 20.9. The number of nitrogens with one attached hydrogen (secondary N) is 2. The van der Waals surface area contributed by atoms with Crippen LogP contribution >= 0.6 is 0 Å². The van der Waals surface area contributed by atoms with Crippen LogP contribution in [0.4, 0.5) is 24.5 Å². The highest BCUT2D eigenvalue weighted by Crippen LogP contribution is 2.31. The van der Waals surface area contributed by atoms with E-state index in [1.165, 1.54) is 43.3 Å². The molecule has 1 aromatic carbocycles. The zero-order valence-electron chi connectivity index (χ0n) is 18.5. The molecule has 8 nitrogen and oxygen atoms in total. The summed E-state index contributed by atoms with van der Waals surface area (Å²) in [5, 5.41) is 16.5. The minimum Gasteiger partial charge on any atom is -0.475 e. The fraction of sp³-hybridized carbons (Fsp3) is 0.500. The van der Waals surface area contributed by atoms with Gasteiger partial charge in [-0.15, -0.1) is 0 Å². The van der Waals surface area contributed by atoms with Crippen LogP contribution in [0, 0.1) is 6.92 Å². The maximum atomic E-state index is 12.2. The van der Waals surface area contributed by atoms with E-state index in [0.29, 0.717) is 11.6 Å². The van der Waals surface area contributed by atoms with Crippen molar-refractivity contribution in [3.63, 3.8) is 0 Å². The number of aromatic nitrogens is 2. The number of nitrogens with zero attached hydrogens (tertiary/aromatic N) is 3. The third-order valence-corrected chi connectivity index (χ3v) is 6.04. The molecular formula is C22H28F3N5O3. The van der Waals surface area contributed by atoms with Crippen LogP contribution in [0.3, 0.4) is 0 Å². The average Bonchev–Trinajstić information content (AvgIpc) is 3.49. The van der Waals surface area contributed by atoms with Crippen LogP contribution in [0.1, 0.15) is 42.1 Å². The third kappa shape index (κ3) is 6.25. The van der Waals surface area contributed by atoms with Gasteiger partial charge in [-0.1, -0.05) is 0 Å². The number of benzene rings is 1. The van der Waals surface area contributed by atoms with Gasteiger partial charge in [0.2, 0.25) is 0 Å². The largest absolute Gasteiger partial charge is 0.490 e. The molecule has 2 aromatic rings. The Bertz CT molecular complexity index is 965. The summed E-state index contributed by atoms with van der Waals surface area (Å²) in [6, 6.07) is 7.58. The van der Waals surface area contributed by atoms with E-state index in [0.717, 1.165) is 24.8 Å². The van der Waals surface area contributed by atoms with Gasteiger partial charge in [0.15, 0.2) is 0 Å². The number of aromatic amines is 1. The standard InChI is InChI=1S/C20H27N5O.C2HF3O2/c1-14-10-17(23-20(26)16-11-21-22-12-16)5-6-19(14)24-9-7-18(13-24)25-8-3-4-15(25)2;3-2(4,5)1(6)7/h5-6,10-12,15,18H,3-4,7-9,13H2,1-2H3,(H,21,22)(H,23,26);(H,6,7). The number of likely N-dealkylation sites (tertiary alicyclic amines) is 1. The molecule has 11 heteroatoms. The molecule has 0 spiro atoms. The second kappa shape index (κ2) is 10.2. The van der Waals surface area contributed by atoms with E-state index in [-0.39, 0.29) is 5.91 Å². The van der Waals surface area contributed by atoms with Crippen LogP contribution < -0.4 is 10.2 Å². The minimum absolute atomic E-state index is 0.143. The Hall–Kier alpha value is -3.08. The molecule has 0 bridgehead atoms. The number of carbonyl (C=O) groups excluding carboxylic acids is 1. The first kappa shape index (κ1) is 24.6. The fourth-order valence-electron chi connectivity index (χ4n) is 4.40. The predicted molar refractivity (Wildman–Crippen MR) is 117 cm³/mol. The number of hydrogen-bond donors (Lipinski definition) is 3. The number of aliphatic carboxylic acids is 1. The molecular weight excluding hydrogens is 439 g/mol. The Morgan fingerprint density at radius 1 is 1.24 bits per heavy atom. The van der Waals surface area contributed by atoms with Crippen molar-refractivity contribution in [1.29, 1.82) is 0 Å². The van der Waals surface area contributed by atoms with E-state index in [1.54, 1.807) is 6.20 Å². The number of carbonyl (C=O) groups is 2. The van der Waals surface area contributed by atoms with Crippen LogP contribution in [0.5, 0.6) is 0 Å². The number of halogens is 3. The van der Waals surface area contributed by atoms with Gasteiger partial charge in [-0.3, -0.25) is 14.8 Å². The number of alkyl halides is 3. The van der Waals surface area contributed by atoms with Crippen LogP contribution in [-0.2, 0) is 4.79 Å². The lowest BCUT2D eigenvalue weighted by atomic mass is 10.1. The van der Waals surface area contributed by atoms with Gasteiger partial charge in [0.1, 0.15) is 0 Å². The number of carboxylic acids is 1. The molecule has 2 fully saturated rings. The van der Waals surface area contributed by atoms with Gasteiger partial charge in [0, 0.05) is 42.7 Å². The summed E-state index contributed by atoms with van der Waals surface area (Å²) in [7, 11) is 0. The van der Waals surface area contributed by atoms with E-state index < -0.39 is 12.1 Å². The molecule has 4 rings (SSSR count). The lowest BCUT2D eigenvalue weighted by Crippen LogP contribution is -2.39. The third-order valence-electron chi connectivity index (χ3n) is 6.04. The second-order valence-corrected chi connectivity index (χ2v) is 8.36. The van der Waals surface area contributed by atoms with E-state index in [1.807, 2.05) is 6.07 Å². The van der Waals surface area contributed by atoms with Crippen molar-refractivity contribution >= 4 is 23.3 Å². The molecule has 180 valence electrons. The molecule has 2 unspecified atom stereocenters. The lowest BCUT2D eigenvalue weighted by molar-refractivity contribution is -0.192. The first-order chi connectivity index (χ1) is 15.6. The first-order valence-corrected chi connectivity index (χ1v) is 10.8. The van der Waals surface area contributed by atoms with Crippen molar-refractivity contribution in [1.82, 2.24) is 15.1 Å². The minimum atomic E-state index is -5.08. The SMILES string of the molecule is Cc1cc(NC(=O)c2cn[nH]c2)ccc1N1CCC(N2CCCC2C)C1.O=C(O)C(F)(F)F. The number of hydrogen-bond acceptors (Lipinski definition) is 5. The van der Waals surface area contributed by atoms with Crippen molar-refractivity contribution in [2.45, 2.75) is 51.4 Å². The van der Waals surface area contributed by atoms with Gasteiger partial charge in [-0.05, 0) is 63.4 Å². The number of aryl methyl sites for hydroxylation is 1. The Kier molecular flexibility index (Phi) is 7.62. The van der Waals surface area contributed by atoms with Gasteiger partial charge in [0.05, 0.1) is 11.8 Å². The quantitative estimate of drug-likeness (QED) is 0.634. The lowest BCUT2D eigenvalue weighted by Gasteiger charge is -2.29. The van der Waals surface area contributed by atoms with Crippen LogP contribution in [0.2, 0.25) is 0 Å². The van der Waals surface area contributed by atoms with E-state index in [2.05, 4.69) is 51.3 Å². The number of anilines is 2. The molecule has 3 heterocycles. The number of carboxylic acid groups (broad SMARTS) is 1. The van der Waals surface area contributed by atoms with Crippen molar-refractivity contribution < 1.29 is 27.9 Å². The van der Waals surface area contributed by atoms with E-state index in [4.69, 9.17) is 9.90 Å². The summed E-state index contributed by atoms with van der Waals surface area (Å²) in [4.78, 5) is 26.2. The summed E-state index contributed by atoms with van der Waals surface area (Å²) in [5.41, 5.74) is 3.83.